The smallest absolute Gasteiger partial charge is 0.268 e. The molecule has 0 saturated carbocycles. The van der Waals surface area contributed by atoms with Gasteiger partial charge in [0.25, 0.3) is 10.0 Å². The minimum Gasteiger partial charge on any atom is -0.306 e. The van der Waals surface area contributed by atoms with Crippen LogP contribution < -0.4 is 5.32 Å². The van der Waals surface area contributed by atoms with Crippen LogP contribution in [0.2, 0.25) is 0 Å². The second kappa shape index (κ2) is 7.74. The zero-order valence-electron chi connectivity index (χ0n) is 16.7. The van der Waals surface area contributed by atoms with Gasteiger partial charge in [-0.1, -0.05) is 66.7 Å². The Morgan fingerprint density at radius 1 is 0.867 bits per heavy atom. The van der Waals surface area contributed by atoms with Crippen molar-refractivity contribution < 1.29 is 8.42 Å². The molecule has 30 heavy (non-hydrogen) atoms. The Kier molecular flexibility index (Phi) is 4.93. The van der Waals surface area contributed by atoms with E-state index in [2.05, 4.69) is 17.4 Å². The molecule has 152 valence electrons. The maximum absolute atomic E-state index is 13.6. The van der Waals surface area contributed by atoms with Crippen LogP contribution in [0.15, 0.2) is 89.8 Å². The molecule has 4 nitrogen and oxygen atoms in total. The molecule has 1 aliphatic carbocycles. The van der Waals surface area contributed by atoms with Gasteiger partial charge in [-0.05, 0) is 48.6 Å². The quantitative estimate of drug-likeness (QED) is 0.496. The zero-order valence-corrected chi connectivity index (χ0v) is 17.5. The molecule has 1 unspecified atom stereocenters. The van der Waals surface area contributed by atoms with Gasteiger partial charge in [-0.3, -0.25) is 0 Å². The molecule has 4 aromatic rings. The molecule has 0 aliphatic heterocycles. The molecule has 0 amide bonds. The summed E-state index contributed by atoms with van der Waals surface area (Å²) in [6.07, 6.45) is 2.72. The first kappa shape index (κ1) is 19.1. The van der Waals surface area contributed by atoms with E-state index in [0.29, 0.717) is 4.90 Å². The number of benzene rings is 3. The Labute approximate surface area is 177 Å². The third kappa shape index (κ3) is 3.24. The van der Waals surface area contributed by atoms with Gasteiger partial charge >= 0.3 is 0 Å². The lowest BCUT2D eigenvalue weighted by atomic mass is 9.90. The van der Waals surface area contributed by atoms with Gasteiger partial charge in [0.05, 0.1) is 10.4 Å². The van der Waals surface area contributed by atoms with E-state index in [1.165, 1.54) is 5.56 Å². The summed E-state index contributed by atoms with van der Waals surface area (Å²) in [7, 11) is -3.67. The summed E-state index contributed by atoms with van der Waals surface area (Å²) >= 11 is 0. The summed E-state index contributed by atoms with van der Waals surface area (Å²) < 4.78 is 28.8. The summed E-state index contributed by atoms with van der Waals surface area (Å²) in [5.41, 5.74) is 4.04. The molecule has 0 bridgehead atoms. The fourth-order valence-corrected chi connectivity index (χ4v) is 6.16. The monoisotopic (exact) mass is 416 g/mol. The summed E-state index contributed by atoms with van der Waals surface area (Å²) in [5.74, 6) is 0. The van der Waals surface area contributed by atoms with Crippen molar-refractivity contribution in [1.82, 2.24) is 9.29 Å². The van der Waals surface area contributed by atoms with Crippen molar-refractivity contribution in [3.05, 3.63) is 102 Å². The largest absolute Gasteiger partial charge is 0.306 e. The number of nitrogens with one attached hydrogen (secondary N) is 1. The molecular weight excluding hydrogens is 392 g/mol. The van der Waals surface area contributed by atoms with Gasteiger partial charge in [0, 0.05) is 23.7 Å². The molecule has 0 saturated heterocycles. The minimum absolute atomic E-state index is 0.131. The predicted molar refractivity (Wildman–Crippen MR) is 120 cm³/mol. The minimum atomic E-state index is -3.67. The molecule has 0 fully saturated rings. The second-order valence-corrected chi connectivity index (χ2v) is 9.56. The molecular formula is C25H24N2O2S. The van der Waals surface area contributed by atoms with Crippen LogP contribution in [0.5, 0.6) is 0 Å². The van der Waals surface area contributed by atoms with Crippen LogP contribution in [-0.4, -0.2) is 12.4 Å². The average Bonchev–Trinajstić information content (AvgIpc) is 3.15. The van der Waals surface area contributed by atoms with Crippen LogP contribution in [0, 0.1) is 0 Å². The highest BCUT2D eigenvalue weighted by Gasteiger charge is 2.32. The third-order valence-corrected chi connectivity index (χ3v) is 7.67. The normalized spacial score (nSPS) is 16.5. The molecule has 3 aromatic carbocycles. The number of para-hydroxylation sites is 1. The highest BCUT2D eigenvalue weighted by Crippen LogP contribution is 2.39. The summed E-state index contributed by atoms with van der Waals surface area (Å²) in [6.45, 7) is 0.760. The van der Waals surface area contributed by atoms with Crippen molar-refractivity contribution in [2.24, 2.45) is 0 Å². The van der Waals surface area contributed by atoms with Crippen LogP contribution in [0.25, 0.3) is 10.9 Å². The fraction of sp³-hybridized carbons (Fsp3) is 0.200. The molecule has 1 atom stereocenters. The van der Waals surface area contributed by atoms with Crippen molar-refractivity contribution in [2.75, 3.05) is 0 Å². The first-order valence-electron chi connectivity index (χ1n) is 10.4. The maximum atomic E-state index is 13.6. The third-order valence-electron chi connectivity index (χ3n) is 5.90. The van der Waals surface area contributed by atoms with Crippen molar-refractivity contribution in [1.29, 1.82) is 0 Å². The topological polar surface area (TPSA) is 51.1 Å². The highest BCUT2D eigenvalue weighted by molar-refractivity contribution is 7.90. The first-order chi connectivity index (χ1) is 14.7. The number of hydrogen-bond donors (Lipinski definition) is 1. The summed E-state index contributed by atoms with van der Waals surface area (Å²) in [4.78, 5) is 0.327. The lowest BCUT2D eigenvalue weighted by Gasteiger charge is -2.25. The van der Waals surface area contributed by atoms with Crippen molar-refractivity contribution in [2.45, 2.75) is 36.7 Å². The molecule has 1 heterocycles. The van der Waals surface area contributed by atoms with E-state index >= 15 is 0 Å². The Hall–Kier alpha value is -2.89. The van der Waals surface area contributed by atoms with Crippen LogP contribution in [-0.2, 0) is 23.0 Å². The molecule has 0 spiro atoms. The van der Waals surface area contributed by atoms with Crippen molar-refractivity contribution in [3.63, 3.8) is 0 Å². The Morgan fingerprint density at radius 2 is 1.53 bits per heavy atom. The van der Waals surface area contributed by atoms with E-state index in [-0.39, 0.29) is 6.04 Å². The van der Waals surface area contributed by atoms with Gasteiger partial charge in [0.2, 0.25) is 0 Å². The predicted octanol–water partition coefficient (Wildman–Crippen LogP) is 5.05. The molecule has 1 aliphatic rings. The van der Waals surface area contributed by atoms with Gasteiger partial charge in [-0.15, -0.1) is 0 Å². The van der Waals surface area contributed by atoms with E-state index in [9.17, 15) is 8.42 Å². The highest BCUT2D eigenvalue weighted by atomic mass is 32.2. The number of nitrogens with zero attached hydrogens (tertiary/aromatic N) is 1. The van der Waals surface area contributed by atoms with Gasteiger partial charge in [0.15, 0.2) is 0 Å². The Morgan fingerprint density at radius 3 is 2.30 bits per heavy atom. The molecule has 5 heteroatoms. The fourth-order valence-electron chi connectivity index (χ4n) is 4.55. The van der Waals surface area contributed by atoms with Gasteiger partial charge in [0.1, 0.15) is 0 Å². The number of hydrogen-bond acceptors (Lipinski definition) is 3. The standard InChI is InChI=1S/C25H24N2O2S/c28-30(29,20-12-5-2-6-13-20)27-23-16-8-7-14-21(23)25-22(15-9-17-24(25)27)26-18-19-10-3-1-4-11-19/h1-8,10-14,16,22,26H,9,15,17-18H2. The SMILES string of the molecule is O=S(=O)(c1ccccc1)n1c2c(c3ccccc31)C(NCc1ccccc1)CCC2. The molecule has 5 rings (SSSR count). The molecule has 1 N–H and O–H groups in total. The van der Waals surface area contributed by atoms with Gasteiger partial charge in [-0.2, -0.15) is 0 Å². The van der Waals surface area contributed by atoms with Gasteiger partial charge in [-0.25, -0.2) is 12.4 Å². The van der Waals surface area contributed by atoms with E-state index in [0.717, 1.165) is 48.0 Å². The van der Waals surface area contributed by atoms with Crippen LogP contribution >= 0.6 is 0 Å². The molecule has 1 aromatic heterocycles. The Balaban J connectivity index is 1.63. The zero-order chi connectivity index (χ0) is 20.6. The van der Waals surface area contributed by atoms with Crippen molar-refractivity contribution in [3.8, 4) is 0 Å². The van der Waals surface area contributed by atoms with E-state index < -0.39 is 10.0 Å². The van der Waals surface area contributed by atoms with Crippen molar-refractivity contribution >= 4 is 20.9 Å². The number of fused-ring (bicyclic) bond motifs is 3. The first-order valence-corrected chi connectivity index (χ1v) is 11.8. The van der Waals surface area contributed by atoms with E-state index in [4.69, 9.17) is 0 Å². The van der Waals surface area contributed by atoms with E-state index in [1.807, 2.05) is 48.5 Å². The lowest BCUT2D eigenvalue weighted by Crippen LogP contribution is -2.26. The van der Waals surface area contributed by atoms with E-state index in [1.54, 1.807) is 28.2 Å². The average molecular weight is 417 g/mol. The number of aromatic nitrogens is 1. The summed E-state index contributed by atoms with van der Waals surface area (Å²) in [6, 6.07) is 27.1. The van der Waals surface area contributed by atoms with Crippen LogP contribution in [0.4, 0.5) is 0 Å². The maximum Gasteiger partial charge on any atom is 0.268 e. The second-order valence-electron chi connectivity index (χ2n) is 7.77. The van der Waals surface area contributed by atoms with Crippen LogP contribution in [0.3, 0.4) is 0 Å². The summed E-state index contributed by atoms with van der Waals surface area (Å²) in [5, 5.41) is 4.71. The lowest BCUT2D eigenvalue weighted by molar-refractivity contribution is 0.458. The van der Waals surface area contributed by atoms with Crippen LogP contribution in [0.1, 0.15) is 35.7 Å². The number of rotatable bonds is 5. The molecule has 0 radical (unpaired) electrons. The Bertz CT molecular complexity index is 1280. The van der Waals surface area contributed by atoms with Gasteiger partial charge < -0.3 is 5.32 Å².